The fraction of sp³-hybridized carbons (Fsp3) is 0.167. The van der Waals surface area contributed by atoms with Crippen LogP contribution in [0.25, 0.3) is 11.1 Å². The van der Waals surface area contributed by atoms with Crippen molar-refractivity contribution < 1.29 is 4.79 Å². The summed E-state index contributed by atoms with van der Waals surface area (Å²) >= 11 is 0. The standard InChI is InChI=1S/C18H17NO/c1-3-18(20)19(4-2)17-11-7-10-15-14-9-6-5-8-13(14)12-16(15)17/h3,5-11H,1,4,12H2,2H3. The molecule has 2 aromatic rings. The summed E-state index contributed by atoms with van der Waals surface area (Å²) in [6.45, 7) is 6.24. The highest BCUT2D eigenvalue weighted by molar-refractivity contribution is 6.02. The van der Waals surface area contributed by atoms with Gasteiger partial charge >= 0.3 is 0 Å². The summed E-state index contributed by atoms with van der Waals surface area (Å²) in [6, 6.07) is 14.6. The number of rotatable bonds is 3. The van der Waals surface area contributed by atoms with Crippen molar-refractivity contribution in [1.82, 2.24) is 0 Å². The van der Waals surface area contributed by atoms with Gasteiger partial charge in [0.25, 0.3) is 0 Å². The first-order chi connectivity index (χ1) is 9.76. The Kier molecular flexibility index (Phi) is 3.15. The van der Waals surface area contributed by atoms with E-state index >= 15 is 0 Å². The summed E-state index contributed by atoms with van der Waals surface area (Å²) in [5.74, 6) is -0.0446. The van der Waals surface area contributed by atoms with Crippen LogP contribution in [0.15, 0.2) is 55.1 Å². The molecule has 0 N–H and O–H groups in total. The van der Waals surface area contributed by atoms with Gasteiger partial charge in [0.05, 0.1) is 0 Å². The molecule has 0 aliphatic heterocycles. The molecule has 0 radical (unpaired) electrons. The van der Waals surface area contributed by atoms with Gasteiger partial charge in [-0.15, -0.1) is 0 Å². The average Bonchev–Trinajstić information content (AvgIpc) is 2.87. The third kappa shape index (κ3) is 1.85. The van der Waals surface area contributed by atoms with Gasteiger partial charge in [-0.2, -0.15) is 0 Å². The van der Waals surface area contributed by atoms with E-state index in [1.807, 2.05) is 19.1 Å². The zero-order chi connectivity index (χ0) is 14.1. The Bertz CT molecular complexity index is 688. The van der Waals surface area contributed by atoms with Crippen molar-refractivity contribution >= 4 is 11.6 Å². The minimum Gasteiger partial charge on any atom is -0.309 e. The van der Waals surface area contributed by atoms with E-state index in [4.69, 9.17) is 0 Å². The van der Waals surface area contributed by atoms with Gasteiger partial charge < -0.3 is 4.90 Å². The van der Waals surface area contributed by atoms with Gasteiger partial charge in [0.2, 0.25) is 5.91 Å². The minimum atomic E-state index is -0.0446. The first-order valence-corrected chi connectivity index (χ1v) is 6.90. The Morgan fingerprint density at radius 3 is 2.70 bits per heavy atom. The number of hydrogen-bond donors (Lipinski definition) is 0. The first kappa shape index (κ1) is 12.7. The van der Waals surface area contributed by atoms with E-state index < -0.39 is 0 Å². The molecular formula is C18H17NO. The number of fused-ring (bicyclic) bond motifs is 3. The highest BCUT2D eigenvalue weighted by atomic mass is 16.2. The van der Waals surface area contributed by atoms with Crippen molar-refractivity contribution in [3.05, 3.63) is 66.2 Å². The van der Waals surface area contributed by atoms with Crippen LogP contribution in [-0.2, 0) is 11.2 Å². The molecule has 100 valence electrons. The topological polar surface area (TPSA) is 20.3 Å². The number of likely N-dealkylation sites (N-methyl/N-ethyl adjacent to an activating group) is 1. The Balaban J connectivity index is 2.13. The van der Waals surface area contributed by atoms with E-state index in [1.165, 1.54) is 28.3 Å². The lowest BCUT2D eigenvalue weighted by atomic mass is 10.0. The van der Waals surface area contributed by atoms with E-state index in [-0.39, 0.29) is 5.91 Å². The summed E-state index contributed by atoms with van der Waals surface area (Å²) in [4.78, 5) is 13.8. The molecule has 3 rings (SSSR count). The molecular weight excluding hydrogens is 246 g/mol. The number of amides is 1. The van der Waals surface area contributed by atoms with Crippen LogP contribution in [0, 0.1) is 0 Å². The zero-order valence-electron chi connectivity index (χ0n) is 11.6. The summed E-state index contributed by atoms with van der Waals surface area (Å²) in [5, 5.41) is 0. The Morgan fingerprint density at radius 1 is 1.20 bits per heavy atom. The first-order valence-electron chi connectivity index (χ1n) is 6.90. The van der Waals surface area contributed by atoms with E-state index in [2.05, 4.69) is 36.9 Å². The van der Waals surface area contributed by atoms with Crippen molar-refractivity contribution in [2.75, 3.05) is 11.4 Å². The van der Waals surface area contributed by atoms with Gasteiger partial charge in [-0.05, 0) is 41.3 Å². The Hall–Kier alpha value is -2.35. The highest BCUT2D eigenvalue weighted by Gasteiger charge is 2.23. The third-order valence-electron chi connectivity index (χ3n) is 3.87. The van der Waals surface area contributed by atoms with Gasteiger partial charge in [-0.3, -0.25) is 4.79 Å². The van der Waals surface area contributed by atoms with Crippen molar-refractivity contribution in [1.29, 1.82) is 0 Å². The van der Waals surface area contributed by atoms with Crippen LogP contribution in [0.3, 0.4) is 0 Å². The molecule has 0 saturated carbocycles. The van der Waals surface area contributed by atoms with Crippen LogP contribution in [0.4, 0.5) is 5.69 Å². The predicted octanol–water partition coefficient (Wildman–Crippen LogP) is 3.80. The lowest BCUT2D eigenvalue weighted by molar-refractivity contribution is -0.114. The second-order valence-corrected chi connectivity index (χ2v) is 4.92. The van der Waals surface area contributed by atoms with Gasteiger partial charge in [0.1, 0.15) is 0 Å². The lowest BCUT2D eigenvalue weighted by Crippen LogP contribution is -2.29. The maximum Gasteiger partial charge on any atom is 0.250 e. The molecule has 0 heterocycles. The van der Waals surface area contributed by atoms with Gasteiger partial charge in [-0.1, -0.05) is 43.0 Å². The third-order valence-corrected chi connectivity index (χ3v) is 3.87. The SMILES string of the molecule is C=CC(=O)N(CC)c1cccc2c1Cc1ccccc1-2. The molecule has 0 atom stereocenters. The molecule has 0 saturated heterocycles. The molecule has 2 heteroatoms. The van der Waals surface area contributed by atoms with Crippen molar-refractivity contribution in [2.45, 2.75) is 13.3 Å². The highest BCUT2D eigenvalue weighted by Crippen LogP contribution is 2.41. The van der Waals surface area contributed by atoms with Gasteiger partial charge in [-0.25, -0.2) is 0 Å². The van der Waals surface area contributed by atoms with E-state index in [9.17, 15) is 4.79 Å². The molecule has 0 bridgehead atoms. The number of carbonyl (C=O) groups excluding carboxylic acids is 1. The Morgan fingerprint density at radius 2 is 1.95 bits per heavy atom. The van der Waals surface area contributed by atoms with Gasteiger partial charge in [0.15, 0.2) is 0 Å². The summed E-state index contributed by atoms with van der Waals surface area (Å²) in [7, 11) is 0. The smallest absolute Gasteiger partial charge is 0.250 e. The number of benzene rings is 2. The predicted molar refractivity (Wildman–Crippen MR) is 82.9 cm³/mol. The number of nitrogens with zero attached hydrogens (tertiary/aromatic N) is 1. The maximum absolute atomic E-state index is 12.0. The summed E-state index contributed by atoms with van der Waals surface area (Å²) < 4.78 is 0. The zero-order valence-corrected chi connectivity index (χ0v) is 11.6. The normalized spacial score (nSPS) is 11.7. The fourth-order valence-corrected chi connectivity index (χ4v) is 2.95. The van der Waals surface area contributed by atoms with E-state index in [0.717, 1.165) is 12.1 Å². The number of anilines is 1. The quantitative estimate of drug-likeness (QED) is 0.658. The van der Waals surface area contributed by atoms with Crippen LogP contribution in [0.1, 0.15) is 18.1 Å². The number of hydrogen-bond acceptors (Lipinski definition) is 1. The molecule has 2 nitrogen and oxygen atoms in total. The largest absolute Gasteiger partial charge is 0.309 e. The monoisotopic (exact) mass is 263 g/mol. The maximum atomic E-state index is 12.0. The van der Waals surface area contributed by atoms with Crippen LogP contribution < -0.4 is 4.90 Å². The Labute approximate surface area is 119 Å². The van der Waals surface area contributed by atoms with Crippen LogP contribution in [0.5, 0.6) is 0 Å². The molecule has 1 aliphatic carbocycles. The average molecular weight is 263 g/mol. The van der Waals surface area contributed by atoms with Crippen LogP contribution >= 0.6 is 0 Å². The minimum absolute atomic E-state index is 0.0446. The molecule has 0 aromatic heterocycles. The summed E-state index contributed by atoms with van der Waals surface area (Å²) in [6.07, 6.45) is 2.27. The molecule has 2 aromatic carbocycles. The van der Waals surface area contributed by atoms with Crippen molar-refractivity contribution in [3.63, 3.8) is 0 Å². The van der Waals surface area contributed by atoms with E-state index in [0.29, 0.717) is 6.54 Å². The van der Waals surface area contributed by atoms with Crippen LogP contribution in [-0.4, -0.2) is 12.5 Å². The lowest BCUT2D eigenvalue weighted by Gasteiger charge is -2.22. The summed E-state index contributed by atoms with van der Waals surface area (Å²) in [5.41, 5.74) is 6.11. The molecule has 1 amide bonds. The van der Waals surface area contributed by atoms with Crippen molar-refractivity contribution in [2.24, 2.45) is 0 Å². The second kappa shape index (κ2) is 4.97. The number of carbonyl (C=O) groups is 1. The molecule has 0 unspecified atom stereocenters. The van der Waals surface area contributed by atoms with Gasteiger partial charge in [0, 0.05) is 18.7 Å². The molecule has 20 heavy (non-hydrogen) atoms. The molecule has 0 fully saturated rings. The van der Waals surface area contributed by atoms with Crippen molar-refractivity contribution in [3.8, 4) is 11.1 Å². The second-order valence-electron chi connectivity index (χ2n) is 4.92. The fourth-order valence-electron chi connectivity index (χ4n) is 2.95. The van der Waals surface area contributed by atoms with E-state index in [1.54, 1.807) is 4.90 Å². The van der Waals surface area contributed by atoms with Crippen LogP contribution in [0.2, 0.25) is 0 Å². The molecule has 1 aliphatic rings. The molecule has 0 spiro atoms.